The number of nitrogens with zero attached hydrogens (tertiary/aromatic N) is 3. The van der Waals surface area contributed by atoms with Crippen molar-refractivity contribution in [3.05, 3.63) is 77.7 Å². The average Bonchev–Trinajstić information content (AvgIpc) is 3.13. The average molecular weight is 369 g/mol. The summed E-state index contributed by atoms with van der Waals surface area (Å²) in [6, 6.07) is 15.8. The molecule has 0 amide bonds. The first-order chi connectivity index (χ1) is 13.8. The SMILES string of the molecule is CCOc1ccccc1Nc1ccc(Cc2c[nH]c3ncc(C#N)cc23)cn1. The molecule has 1 aromatic carbocycles. The maximum absolute atomic E-state index is 9.09. The van der Waals surface area contributed by atoms with E-state index < -0.39 is 0 Å². The third-order valence-electron chi connectivity index (χ3n) is 4.41. The number of ether oxygens (including phenoxy) is 1. The number of fused-ring (bicyclic) bond motifs is 1. The van der Waals surface area contributed by atoms with Gasteiger partial charge in [0.1, 0.15) is 23.3 Å². The molecule has 0 fully saturated rings. The number of para-hydroxylation sites is 2. The number of pyridine rings is 2. The van der Waals surface area contributed by atoms with Gasteiger partial charge in [-0.15, -0.1) is 0 Å². The molecular weight excluding hydrogens is 350 g/mol. The van der Waals surface area contributed by atoms with Crippen LogP contribution in [0.3, 0.4) is 0 Å². The third kappa shape index (κ3) is 3.64. The lowest BCUT2D eigenvalue weighted by Crippen LogP contribution is -1.99. The van der Waals surface area contributed by atoms with Gasteiger partial charge in [0, 0.05) is 30.4 Å². The molecule has 4 rings (SSSR count). The van der Waals surface area contributed by atoms with Gasteiger partial charge in [0.15, 0.2) is 0 Å². The highest BCUT2D eigenvalue weighted by Gasteiger charge is 2.08. The Morgan fingerprint density at radius 3 is 2.82 bits per heavy atom. The number of nitrogens with one attached hydrogen (secondary N) is 2. The summed E-state index contributed by atoms with van der Waals surface area (Å²) in [6.45, 7) is 2.57. The summed E-state index contributed by atoms with van der Waals surface area (Å²) in [5.41, 5.74) is 4.39. The van der Waals surface area contributed by atoms with E-state index in [4.69, 9.17) is 10.00 Å². The summed E-state index contributed by atoms with van der Waals surface area (Å²) < 4.78 is 5.64. The summed E-state index contributed by atoms with van der Waals surface area (Å²) in [7, 11) is 0. The normalized spacial score (nSPS) is 10.6. The van der Waals surface area contributed by atoms with Crippen LogP contribution in [0.4, 0.5) is 11.5 Å². The van der Waals surface area contributed by atoms with Crippen LogP contribution in [0.5, 0.6) is 5.75 Å². The van der Waals surface area contributed by atoms with E-state index in [1.807, 2.05) is 61.8 Å². The molecule has 0 saturated heterocycles. The van der Waals surface area contributed by atoms with Gasteiger partial charge in [-0.25, -0.2) is 9.97 Å². The monoisotopic (exact) mass is 369 g/mol. The summed E-state index contributed by atoms with van der Waals surface area (Å²) >= 11 is 0. The zero-order valence-electron chi connectivity index (χ0n) is 15.4. The van der Waals surface area contributed by atoms with Crippen molar-refractivity contribution < 1.29 is 4.74 Å². The lowest BCUT2D eigenvalue weighted by Gasteiger charge is -2.11. The van der Waals surface area contributed by atoms with E-state index in [0.29, 0.717) is 18.6 Å². The van der Waals surface area contributed by atoms with Crippen LogP contribution in [0.2, 0.25) is 0 Å². The molecule has 3 aromatic heterocycles. The van der Waals surface area contributed by atoms with Crippen molar-refractivity contribution in [1.82, 2.24) is 15.0 Å². The lowest BCUT2D eigenvalue weighted by molar-refractivity contribution is 0.342. The molecule has 0 spiro atoms. The van der Waals surface area contributed by atoms with Crippen molar-refractivity contribution in [2.24, 2.45) is 0 Å². The number of aromatic amines is 1. The van der Waals surface area contributed by atoms with Crippen LogP contribution < -0.4 is 10.1 Å². The second-order valence-electron chi connectivity index (χ2n) is 6.33. The molecule has 138 valence electrons. The molecule has 4 aromatic rings. The largest absolute Gasteiger partial charge is 0.492 e. The fourth-order valence-corrected chi connectivity index (χ4v) is 3.08. The summed E-state index contributed by atoms with van der Waals surface area (Å²) in [6.07, 6.45) is 6.07. The molecule has 0 saturated carbocycles. The first-order valence-corrected chi connectivity index (χ1v) is 9.06. The maximum atomic E-state index is 9.09. The van der Waals surface area contributed by atoms with Gasteiger partial charge in [-0.2, -0.15) is 5.26 Å². The Labute approximate surface area is 162 Å². The molecule has 0 radical (unpaired) electrons. The van der Waals surface area contributed by atoms with Gasteiger partial charge < -0.3 is 15.0 Å². The Bertz CT molecular complexity index is 1140. The smallest absolute Gasteiger partial charge is 0.142 e. The van der Waals surface area contributed by atoms with Crippen LogP contribution in [-0.2, 0) is 6.42 Å². The molecule has 3 heterocycles. The van der Waals surface area contributed by atoms with Crippen molar-refractivity contribution in [2.45, 2.75) is 13.3 Å². The highest BCUT2D eigenvalue weighted by molar-refractivity contribution is 5.81. The minimum Gasteiger partial charge on any atom is -0.492 e. The Morgan fingerprint density at radius 1 is 1.14 bits per heavy atom. The lowest BCUT2D eigenvalue weighted by atomic mass is 10.1. The maximum Gasteiger partial charge on any atom is 0.142 e. The second-order valence-corrected chi connectivity index (χ2v) is 6.33. The van der Waals surface area contributed by atoms with Crippen LogP contribution in [0.15, 0.2) is 61.1 Å². The molecule has 0 aliphatic heterocycles. The fraction of sp³-hybridized carbons (Fsp3) is 0.136. The van der Waals surface area contributed by atoms with E-state index in [2.05, 4.69) is 26.3 Å². The van der Waals surface area contributed by atoms with Gasteiger partial charge >= 0.3 is 0 Å². The molecule has 2 N–H and O–H groups in total. The zero-order chi connectivity index (χ0) is 19.3. The van der Waals surface area contributed by atoms with E-state index >= 15 is 0 Å². The number of rotatable bonds is 6. The quantitative estimate of drug-likeness (QED) is 0.520. The molecular formula is C22H19N5O. The zero-order valence-corrected chi connectivity index (χ0v) is 15.4. The minimum absolute atomic E-state index is 0.555. The van der Waals surface area contributed by atoms with Crippen LogP contribution in [-0.4, -0.2) is 21.6 Å². The standard InChI is InChI=1S/C22H19N5O/c1-2-28-20-6-4-3-5-19(20)27-21-8-7-15(12-24-21)9-17-14-26-22-18(17)10-16(11-23)13-25-22/h3-8,10,12-14H,2,9H2,1H3,(H,24,27)(H,25,26). The summed E-state index contributed by atoms with van der Waals surface area (Å²) in [5.74, 6) is 1.55. The van der Waals surface area contributed by atoms with Gasteiger partial charge in [0.05, 0.1) is 17.9 Å². The predicted molar refractivity (Wildman–Crippen MR) is 109 cm³/mol. The van der Waals surface area contributed by atoms with Gasteiger partial charge in [-0.3, -0.25) is 0 Å². The summed E-state index contributed by atoms with van der Waals surface area (Å²) in [5, 5.41) is 13.4. The molecule has 0 aliphatic rings. The Hall–Kier alpha value is -3.85. The van der Waals surface area contributed by atoms with Crippen molar-refractivity contribution in [3.8, 4) is 11.8 Å². The predicted octanol–water partition coefficient (Wildman–Crippen LogP) is 4.56. The number of hydrogen-bond acceptors (Lipinski definition) is 5. The topological polar surface area (TPSA) is 86.6 Å². The fourth-order valence-electron chi connectivity index (χ4n) is 3.08. The number of hydrogen-bond donors (Lipinski definition) is 2. The number of anilines is 2. The van der Waals surface area contributed by atoms with E-state index in [1.54, 1.807) is 6.20 Å². The Morgan fingerprint density at radius 2 is 2.04 bits per heavy atom. The van der Waals surface area contributed by atoms with E-state index in [1.165, 1.54) is 0 Å². The first kappa shape index (κ1) is 17.6. The number of aromatic nitrogens is 3. The molecule has 28 heavy (non-hydrogen) atoms. The number of benzene rings is 1. The molecule has 6 heteroatoms. The van der Waals surface area contributed by atoms with Crippen molar-refractivity contribution in [1.29, 1.82) is 5.26 Å². The number of H-pyrrole nitrogens is 1. The minimum atomic E-state index is 0.555. The second kappa shape index (κ2) is 7.80. The molecule has 6 nitrogen and oxygen atoms in total. The highest BCUT2D eigenvalue weighted by atomic mass is 16.5. The van der Waals surface area contributed by atoms with Gasteiger partial charge in [0.25, 0.3) is 0 Å². The van der Waals surface area contributed by atoms with Gasteiger partial charge in [-0.1, -0.05) is 18.2 Å². The Kier molecular flexibility index (Phi) is 4.89. The van der Waals surface area contributed by atoms with Crippen LogP contribution >= 0.6 is 0 Å². The molecule has 0 aliphatic carbocycles. The van der Waals surface area contributed by atoms with Crippen molar-refractivity contribution in [3.63, 3.8) is 0 Å². The summed E-state index contributed by atoms with van der Waals surface area (Å²) in [4.78, 5) is 12.0. The van der Waals surface area contributed by atoms with Crippen molar-refractivity contribution >= 4 is 22.5 Å². The molecule has 0 bridgehead atoms. The molecule has 0 unspecified atom stereocenters. The number of nitriles is 1. The molecule has 0 atom stereocenters. The van der Waals surface area contributed by atoms with Gasteiger partial charge in [0.2, 0.25) is 0 Å². The Balaban J connectivity index is 1.52. The van der Waals surface area contributed by atoms with E-state index in [0.717, 1.165) is 39.4 Å². The van der Waals surface area contributed by atoms with Crippen molar-refractivity contribution in [2.75, 3.05) is 11.9 Å². The van der Waals surface area contributed by atoms with Crippen LogP contribution in [0.25, 0.3) is 11.0 Å². The van der Waals surface area contributed by atoms with Crippen LogP contribution in [0.1, 0.15) is 23.6 Å². The van der Waals surface area contributed by atoms with E-state index in [9.17, 15) is 0 Å². The van der Waals surface area contributed by atoms with E-state index in [-0.39, 0.29) is 0 Å². The van der Waals surface area contributed by atoms with Gasteiger partial charge in [-0.05, 0) is 42.3 Å². The van der Waals surface area contributed by atoms with Crippen LogP contribution in [0, 0.1) is 11.3 Å². The third-order valence-corrected chi connectivity index (χ3v) is 4.41. The highest BCUT2D eigenvalue weighted by Crippen LogP contribution is 2.27. The first-order valence-electron chi connectivity index (χ1n) is 9.06.